The lowest BCUT2D eigenvalue weighted by atomic mass is 10.00. The van der Waals surface area contributed by atoms with Crippen molar-refractivity contribution in [3.63, 3.8) is 0 Å². The van der Waals surface area contributed by atoms with E-state index in [-0.39, 0.29) is 29.7 Å². The van der Waals surface area contributed by atoms with Crippen molar-refractivity contribution >= 4 is 5.91 Å². The predicted molar refractivity (Wildman–Crippen MR) is 110 cm³/mol. The highest BCUT2D eigenvalue weighted by molar-refractivity contribution is 5.75. The van der Waals surface area contributed by atoms with Crippen LogP contribution >= 0.6 is 0 Å². The molecular formula is C22H24FN5O2. The largest absolute Gasteiger partial charge is 0.354 e. The number of carbonyl (C=O) groups is 1. The van der Waals surface area contributed by atoms with Crippen LogP contribution in [-0.2, 0) is 24.2 Å². The summed E-state index contributed by atoms with van der Waals surface area (Å²) in [6.07, 6.45) is 6.51. The fraction of sp³-hybridized carbons (Fsp3) is 0.364. The number of halogens is 1. The molecule has 7 nitrogen and oxygen atoms in total. The number of aryl methyl sites for hydroxylation is 2. The van der Waals surface area contributed by atoms with Gasteiger partial charge in [0, 0.05) is 23.9 Å². The first-order chi connectivity index (χ1) is 14.5. The van der Waals surface area contributed by atoms with Gasteiger partial charge in [-0.1, -0.05) is 0 Å². The molecule has 0 bridgehead atoms. The van der Waals surface area contributed by atoms with Crippen molar-refractivity contribution < 1.29 is 9.18 Å². The first kappa shape index (κ1) is 20.0. The quantitative estimate of drug-likeness (QED) is 0.633. The van der Waals surface area contributed by atoms with Gasteiger partial charge in [0.25, 0.3) is 5.56 Å². The fourth-order valence-corrected chi connectivity index (χ4v) is 3.81. The highest BCUT2D eigenvalue weighted by Gasteiger charge is 2.21. The fourth-order valence-electron chi connectivity index (χ4n) is 3.81. The smallest absolute Gasteiger partial charge is 0.254 e. The standard InChI is InChI=1S/C22H24FN5O2/c1-14-10-25-28(12-14)13-20(29)24-11-15-2-8-18-19(9-3-15)26-21(27-22(18)30)16-4-6-17(23)7-5-16/h4-7,10,12,15H,2-3,8-9,11,13H2,1H3,(H,24,29)(H,26,27,30). The Hall–Kier alpha value is -3.29. The molecule has 0 saturated heterocycles. The third-order valence-corrected chi connectivity index (χ3v) is 5.47. The molecule has 1 amide bonds. The topological polar surface area (TPSA) is 92.7 Å². The zero-order chi connectivity index (χ0) is 21.1. The molecule has 2 N–H and O–H groups in total. The summed E-state index contributed by atoms with van der Waals surface area (Å²) in [6.45, 7) is 2.70. The van der Waals surface area contributed by atoms with E-state index in [1.165, 1.54) is 12.1 Å². The lowest BCUT2D eigenvalue weighted by Gasteiger charge is -2.14. The normalized spacial score (nSPS) is 16.0. The van der Waals surface area contributed by atoms with E-state index in [1.54, 1.807) is 23.0 Å². The number of fused-ring (bicyclic) bond motifs is 1. The maximum absolute atomic E-state index is 13.2. The summed E-state index contributed by atoms with van der Waals surface area (Å²) in [6, 6.07) is 5.92. The Morgan fingerprint density at radius 1 is 1.27 bits per heavy atom. The van der Waals surface area contributed by atoms with E-state index in [1.807, 2.05) is 13.1 Å². The maximum atomic E-state index is 13.2. The predicted octanol–water partition coefficient (Wildman–Crippen LogP) is 2.39. The van der Waals surface area contributed by atoms with Gasteiger partial charge in [-0.3, -0.25) is 14.3 Å². The molecule has 30 heavy (non-hydrogen) atoms. The molecule has 1 aliphatic rings. The van der Waals surface area contributed by atoms with Crippen LogP contribution in [0.15, 0.2) is 41.5 Å². The molecular weight excluding hydrogens is 385 g/mol. The van der Waals surface area contributed by atoms with Gasteiger partial charge in [-0.25, -0.2) is 9.37 Å². The monoisotopic (exact) mass is 409 g/mol. The van der Waals surface area contributed by atoms with E-state index in [2.05, 4.69) is 20.4 Å². The van der Waals surface area contributed by atoms with Gasteiger partial charge in [-0.15, -0.1) is 0 Å². The molecule has 156 valence electrons. The minimum absolute atomic E-state index is 0.0746. The van der Waals surface area contributed by atoms with E-state index in [0.29, 0.717) is 36.3 Å². The maximum Gasteiger partial charge on any atom is 0.254 e. The van der Waals surface area contributed by atoms with Crippen molar-refractivity contribution in [3.8, 4) is 11.4 Å². The van der Waals surface area contributed by atoms with E-state index >= 15 is 0 Å². The lowest BCUT2D eigenvalue weighted by molar-refractivity contribution is -0.122. The van der Waals surface area contributed by atoms with Crippen LogP contribution in [0.3, 0.4) is 0 Å². The average Bonchev–Trinajstić information content (AvgIpc) is 3.01. The van der Waals surface area contributed by atoms with Crippen LogP contribution in [0.4, 0.5) is 4.39 Å². The van der Waals surface area contributed by atoms with Crippen LogP contribution in [0.5, 0.6) is 0 Å². The number of carbonyl (C=O) groups excluding carboxylic acids is 1. The number of H-pyrrole nitrogens is 1. The lowest BCUT2D eigenvalue weighted by Crippen LogP contribution is -2.32. The number of nitrogens with one attached hydrogen (secondary N) is 2. The van der Waals surface area contributed by atoms with Crippen LogP contribution < -0.4 is 10.9 Å². The van der Waals surface area contributed by atoms with Crippen molar-refractivity contribution in [2.45, 2.75) is 39.2 Å². The number of aromatic nitrogens is 4. The molecule has 0 spiro atoms. The Balaban J connectivity index is 1.39. The highest BCUT2D eigenvalue weighted by Crippen LogP contribution is 2.23. The molecule has 2 aromatic heterocycles. The summed E-state index contributed by atoms with van der Waals surface area (Å²) in [5.41, 5.74) is 3.05. The Morgan fingerprint density at radius 2 is 2.03 bits per heavy atom. The van der Waals surface area contributed by atoms with Gasteiger partial charge in [0.05, 0.1) is 11.9 Å². The molecule has 8 heteroatoms. The zero-order valence-electron chi connectivity index (χ0n) is 16.8. The number of aromatic amines is 1. The summed E-state index contributed by atoms with van der Waals surface area (Å²) in [5.74, 6) is 0.328. The van der Waals surface area contributed by atoms with Gasteiger partial charge >= 0.3 is 0 Å². The van der Waals surface area contributed by atoms with Gasteiger partial charge in [0.1, 0.15) is 18.2 Å². The molecule has 1 aliphatic carbocycles. The van der Waals surface area contributed by atoms with E-state index in [0.717, 1.165) is 24.1 Å². The molecule has 3 aromatic rings. The number of hydrogen-bond acceptors (Lipinski definition) is 4. The summed E-state index contributed by atoms with van der Waals surface area (Å²) < 4.78 is 14.8. The summed E-state index contributed by atoms with van der Waals surface area (Å²) >= 11 is 0. The third kappa shape index (κ3) is 4.64. The second-order valence-electron chi connectivity index (χ2n) is 7.81. The summed E-state index contributed by atoms with van der Waals surface area (Å²) in [7, 11) is 0. The number of amides is 1. The Kier molecular flexibility index (Phi) is 5.74. The van der Waals surface area contributed by atoms with Crippen LogP contribution in [0.25, 0.3) is 11.4 Å². The van der Waals surface area contributed by atoms with Gasteiger partial charge in [-0.2, -0.15) is 5.10 Å². The minimum Gasteiger partial charge on any atom is -0.354 e. The van der Waals surface area contributed by atoms with Crippen molar-refractivity contribution in [3.05, 3.63) is 69.7 Å². The van der Waals surface area contributed by atoms with Crippen molar-refractivity contribution in [2.24, 2.45) is 5.92 Å². The molecule has 0 radical (unpaired) electrons. The first-order valence-corrected chi connectivity index (χ1v) is 10.1. The number of nitrogens with zero attached hydrogens (tertiary/aromatic N) is 3. The first-order valence-electron chi connectivity index (χ1n) is 10.1. The zero-order valence-corrected chi connectivity index (χ0v) is 16.8. The average molecular weight is 409 g/mol. The summed E-state index contributed by atoms with van der Waals surface area (Å²) in [5, 5.41) is 7.11. The van der Waals surface area contributed by atoms with Crippen LogP contribution in [0.2, 0.25) is 0 Å². The van der Waals surface area contributed by atoms with Gasteiger partial charge < -0.3 is 10.3 Å². The van der Waals surface area contributed by atoms with Crippen molar-refractivity contribution in [2.75, 3.05) is 6.54 Å². The molecule has 2 heterocycles. The number of rotatable bonds is 5. The molecule has 4 rings (SSSR count). The van der Waals surface area contributed by atoms with Crippen molar-refractivity contribution in [1.82, 2.24) is 25.1 Å². The van der Waals surface area contributed by atoms with Gasteiger partial charge in [0.2, 0.25) is 5.91 Å². The van der Waals surface area contributed by atoms with Crippen LogP contribution in [0, 0.1) is 18.7 Å². The highest BCUT2D eigenvalue weighted by atomic mass is 19.1. The Labute approximate surface area is 173 Å². The van der Waals surface area contributed by atoms with Crippen LogP contribution in [0.1, 0.15) is 29.7 Å². The van der Waals surface area contributed by atoms with Crippen molar-refractivity contribution in [1.29, 1.82) is 0 Å². The van der Waals surface area contributed by atoms with Gasteiger partial charge in [-0.05, 0) is 68.4 Å². The molecule has 1 aromatic carbocycles. The molecule has 0 fully saturated rings. The molecule has 1 atom stereocenters. The molecule has 0 aliphatic heterocycles. The molecule has 0 saturated carbocycles. The van der Waals surface area contributed by atoms with Gasteiger partial charge in [0.15, 0.2) is 0 Å². The van der Waals surface area contributed by atoms with E-state index in [4.69, 9.17) is 0 Å². The number of hydrogen-bond donors (Lipinski definition) is 2. The van der Waals surface area contributed by atoms with E-state index in [9.17, 15) is 14.0 Å². The SMILES string of the molecule is Cc1cnn(CC(=O)NCC2CCc3nc(-c4ccc(F)cc4)[nH]c(=O)c3CC2)c1. The van der Waals surface area contributed by atoms with Crippen LogP contribution in [-0.4, -0.2) is 32.2 Å². The second-order valence-corrected chi connectivity index (χ2v) is 7.81. The third-order valence-electron chi connectivity index (χ3n) is 5.47. The van der Waals surface area contributed by atoms with E-state index < -0.39 is 0 Å². The second kappa shape index (κ2) is 8.61. The Morgan fingerprint density at radius 3 is 2.77 bits per heavy atom. The Bertz CT molecular complexity index is 1100. The minimum atomic E-state index is -0.330. The molecule has 1 unspecified atom stereocenters. The summed E-state index contributed by atoms with van der Waals surface area (Å²) in [4.78, 5) is 32.3. The number of benzene rings is 1.